The molecule has 7 heteroatoms. The van der Waals surface area contributed by atoms with Crippen LogP contribution in [0.4, 0.5) is 18.9 Å². The summed E-state index contributed by atoms with van der Waals surface area (Å²) < 4.78 is 39.2. The Morgan fingerprint density at radius 1 is 1.00 bits per heavy atom. The molecule has 0 fully saturated rings. The second-order valence-corrected chi connectivity index (χ2v) is 5.14. The van der Waals surface area contributed by atoms with Crippen molar-refractivity contribution >= 4 is 17.5 Å². The van der Waals surface area contributed by atoms with Crippen LogP contribution in [0.15, 0.2) is 36.4 Å². The molecule has 0 aliphatic rings. The first-order valence-electron chi connectivity index (χ1n) is 7.16. The van der Waals surface area contributed by atoms with Gasteiger partial charge in [0.1, 0.15) is 17.5 Å². The van der Waals surface area contributed by atoms with Gasteiger partial charge in [0.15, 0.2) is 0 Å². The molecule has 24 heavy (non-hydrogen) atoms. The van der Waals surface area contributed by atoms with E-state index in [1.807, 2.05) is 0 Å². The van der Waals surface area contributed by atoms with Crippen molar-refractivity contribution in [2.24, 2.45) is 0 Å². The Bertz CT molecular complexity index is 778. The van der Waals surface area contributed by atoms with Crippen molar-refractivity contribution in [3.8, 4) is 0 Å². The quantitative estimate of drug-likeness (QED) is 0.881. The van der Waals surface area contributed by atoms with E-state index in [4.69, 9.17) is 0 Å². The van der Waals surface area contributed by atoms with Crippen molar-refractivity contribution in [3.63, 3.8) is 0 Å². The standard InChI is InChI=1S/C17H15F3N2O2/c1-10-8-11(18)3-5-15(10)22-16(23)6-7-21-17(24)13-4-2-12(19)9-14(13)20/h2-5,8-9H,6-7H2,1H3,(H,21,24)(H,22,23). The van der Waals surface area contributed by atoms with Crippen molar-refractivity contribution in [3.05, 3.63) is 65.0 Å². The van der Waals surface area contributed by atoms with Crippen LogP contribution in [-0.4, -0.2) is 18.4 Å². The summed E-state index contributed by atoms with van der Waals surface area (Å²) in [5.41, 5.74) is 0.740. The molecule has 126 valence electrons. The molecule has 0 saturated carbocycles. The first-order chi connectivity index (χ1) is 11.4. The van der Waals surface area contributed by atoms with E-state index in [0.29, 0.717) is 17.3 Å². The molecule has 4 nitrogen and oxygen atoms in total. The van der Waals surface area contributed by atoms with Crippen LogP contribution in [0.1, 0.15) is 22.3 Å². The van der Waals surface area contributed by atoms with Crippen LogP contribution in [-0.2, 0) is 4.79 Å². The predicted octanol–water partition coefficient (Wildman–Crippen LogP) is 3.17. The van der Waals surface area contributed by atoms with Crippen molar-refractivity contribution in [2.75, 3.05) is 11.9 Å². The third kappa shape index (κ3) is 4.58. The van der Waals surface area contributed by atoms with Crippen LogP contribution in [0.5, 0.6) is 0 Å². The van der Waals surface area contributed by atoms with Crippen molar-refractivity contribution in [1.29, 1.82) is 0 Å². The van der Waals surface area contributed by atoms with E-state index in [1.54, 1.807) is 6.92 Å². The summed E-state index contributed by atoms with van der Waals surface area (Å²) in [6.45, 7) is 1.62. The van der Waals surface area contributed by atoms with Gasteiger partial charge < -0.3 is 10.6 Å². The van der Waals surface area contributed by atoms with Gasteiger partial charge in [0.2, 0.25) is 5.91 Å². The van der Waals surface area contributed by atoms with Crippen LogP contribution in [0, 0.1) is 24.4 Å². The normalized spacial score (nSPS) is 10.3. The third-order valence-electron chi connectivity index (χ3n) is 3.28. The van der Waals surface area contributed by atoms with E-state index < -0.39 is 23.4 Å². The summed E-state index contributed by atoms with van der Waals surface area (Å²) in [4.78, 5) is 23.6. The Morgan fingerprint density at radius 2 is 1.67 bits per heavy atom. The lowest BCUT2D eigenvalue weighted by atomic mass is 10.2. The molecule has 0 heterocycles. The molecule has 2 N–H and O–H groups in total. The number of anilines is 1. The maximum atomic E-state index is 13.4. The average Bonchev–Trinajstić information content (AvgIpc) is 2.50. The third-order valence-corrected chi connectivity index (χ3v) is 3.28. The molecule has 0 saturated heterocycles. The minimum Gasteiger partial charge on any atom is -0.351 e. The Morgan fingerprint density at radius 3 is 2.33 bits per heavy atom. The van der Waals surface area contributed by atoms with Crippen LogP contribution in [0.2, 0.25) is 0 Å². The summed E-state index contributed by atoms with van der Waals surface area (Å²) in [6.07, 6.45) is -0.0502. The Kier molecular flexibility index (Phi) is 5.57. The number of benzene rings is 2. The Hall–Kier alpha value is -2.83. The lowest BCUT2D eigenvalue weighted by Crippen LogP contribution is -2.28. The molecule has 0 aliphatic carbocycles. The van der Waals surface area contributed by atoms with Crippen LogP contribution in [0.25, 0.3) is 0 Å². The maximum absolute atomic E-state index is 13.4. The molecule has 0 unspecified atom stereocenters. The molecule has 2 rings (SSSR count). The zero-order valence-electron chi connectivity index (χ0n) is 12.8. The molecule has 0 radical (unpaired) electrons. The van der Waals surface area contributed by atoms with Crippen LogP contribution >= 0.6 is 0 Å². The Balaban J connectivity index is 1.85. The highest BCUT2D eigenvalue weighted by atomic mass is 19.1. The number of aryl methyl sites for hydroxylation is 1. The van der Waals surface area contributed by atoms with Gasteiger partial charge >= 0.3 is 0 Å². The fraction of sp³-hybridized carbons (Fsp3) is 0.176. The monoisotopic (exact) mass is 336 g/mol. The predicted molar refractivity (Wildman–Crippen MR) is 83.1 cm³/mol. The highest BCUT2D eigenvalue weighted by Crippen LogP contribution is 2.15. The number of nitrogens with one attached hydrogen (secondary N) is 2. The van der Waals surface area contributed by atoms with Gasteiger partial charge in [0.25, 0.3) is 5.91 Å². The van der Waals surface area contributed by atoms with Crippen molar-refractivity contribution in [2.45, 2.75) is 13.3 Å². The van der Waals surface area contributed by atoms with Crippen molar-refractivity contribution in [1.82, 2.24) is 5.32 Å². The molecule has 0 spiro atoms. The van der Waals surface area contributed by atoms with Gasteiger partial charge in [-0.2, -0.15) is 0 Å². The number of rotatable bonds is 5. The zero-order chi connectivity index (χ0) is 17.7. The van der Waals surface area contributed by atoms with Gasteiger partial charge in [-0.3, -0.25) is 9.59 Å². The topological polar surface area (TPSA) is 58.2 Å². The molecule has 0 bridgehead atoms. The van der Waals surface area contributed by atoms with Gasteiger partial charge in [-0.25, -0.2) is 13.2 Å². The second kappa shape index (κ2) is 7.63. The molecule has 2 aromatic rings. The number of hydrogen-bond donors (Lipinski definition) is 2. The number of carbonyl (C=O) groups is 2. The minimum absolute atomic E-state index is 0.0261. The highest BCUT2D eigenvalue weighted by molar-refractivity contribution is 5.95. The summed E-state index contributed by atoms with van der Waals surface area (Å²) in [5, 5.41) is 4.97. The first-order valence-corrected chi connectivity index (χ1v) is 7.16. The fourth-order valence-corrected chi connectivity index (χ4v) is 2.04. The molecule has 2 aromatic carbocycles. The molecule has 0 aliphatic heterocycles. The van der Waals surface area contributed by atoms with Gasteiger partial charge in [-0.1, -0.05) is 0 Å². The summed E-state index contributed by atoms with van der Waals surface area (Å²) in [5.74, 6) is -3.28. The minimum atomic E-state index is -0.973. The maximum Gasteiger partial charge on any atom is 0.254 e. The van der Waals surface area contributed by atoms with E-state index >= 15 is 0 Å². The first kappa shape index (κ1) is 17.5. The number of halogens is 3. The number of hydrogen-bond acceptors (Lipinski definition) is 2. The zero-order valence-corrected chi connectivity index (χ0v) is 12.8. The molecule has 0 atom stereocenters. The molecular weight excluding hydrogens is 321 g/mol. The highest BCUT2D eigenvalue weighted by Gasteiger charge is 2.13. The van der Waals surface area contributed by atoms with E-state index in [-0.39, 0.29) is 24.4 Å². The van der Waals surface area contributed by atoms with E-state index in [9.17, 15) is 22.8 Å². The SMILES string of the molecule is Cc1cc(F)ccc1NC(=O)CCNC(=O)c1ccc(F)cc1F. The van der Waals surface area contributed by atoms with Gasteiger partial charge in [0, 0.05) is 24.7 Å². The van der Waals surface area contributed by atoms with E-state index in [1.165, 1.54) is 18.2 Å². The summed E-state index contributed by atoms with van der Waals surface area (Å²) in [7, 11) is 0. The van der Waals surface area contributed by atoms with Crippen LogP contribution < -0.4 is 10.6 Å². The summed E-state index contributed by atoms with van der Waals surface area (Å²) >= 11 is 0. The molecule has 2 amide bonds. The number of amides is 2. The van der Waals surface area contributed by atoms with Gasteiger partial charge in [-0.05, 0) is 42.8 Å². The lowest BCUT2D eigenvalue weighted by Gasteiger charge is -2.09. The average molecular weight is 336 g/mol. The largest absolute Gasteiger partial charge is 0.351 e. The molecule has 0 aromatic heterocycles. The van der Waals surface area contributed by atoms with Gasteiger partial charge in [0.05, 0.1) is 5.56 Å². The summed E-state index contributed by atoms with van der Waals surface area (Å²) in [6, 6.07) is 6.56. The van der Waals surface area contributed by atoms with Gasteiger partial charge in [-0.15, -0.1) is 0 Å². The second-order valence-electron chi connectivity index (χ2n) is 5.14. The Labute approximate surface area is 136 Å². The van der Waals surface area contributed by atoms with Crippen LogP contribution in [0.3, 0.4) is 0 Å². The fourth-order valence-electron chi connectivity index (χ4n) is 2.04. The van der Waals surface area contributed by atoms with Crippen molar-refractivity contribution < 1.29 is 22.8 Å². The lowest BCUT2D eigenvalue weighted by molar-refractivity contribution is -0.116. The van der Waals surface area contributed by atoms with E-state index in [2.05, 4.69) is 10.6 Å². The van der Waals surface area contributed by atoms with E-state index in [0.717, 1.165) is 12.1 Å². The molecular formula is C17H15F3N2O2. The smallest absolute Gasteiger partial charge is 0.254 e. The number of carbonyl (C=O) groups excluding carboxylic acids is 2.